The van der Waals surface area contributed by atoms with Crippen LogP contribution in [0, 0.1) is 0 Å². The molecule has 1 heterocycles. The smallest absolute Gasteiger partial charge is 0.256 e. The number of likely N-dealkylation sites (N-methyl/N-ethyl adjacent to an activating group) is 1. The molecule has 1 aromatic heterocycles. The summed E-state index contributed by atoms with van der Waals surface area (Å²) in [6, 6.07) is 5.32. The summed E-state index contributed by atoms with van der Waals surface area (Å²) in [7, 11) is 1.67. The Bertz CT molecular complexity index is 605. The van der Waals surface area contributed by atoms with E-state index in [0.29, 0.717) is 16.6 Å². The molecular formula is C14H17N3O2. The molecule has 0 radical (unpaired) electrons. The second-order valence-corrected chi connectivity index (χ2v) is 5.06. The van der Waals surface area contributed by atoms with Gasteiger partial charge in [0.2, 0.25) is 0 Å². The average Bonchev–Trinajstić information content (AvgIpc) is 2.45. The van der Waals surface area contributed by atoms with Gasteiger partial charge in [-0.15, -0.1) is 0 Å². The number of fused-ring (bicyclic) bond motifs is 1. The summed E-state index contributed by atoms with van der Waals surface area (Å²) in [5, 5.41) is 9.35. The maximum absolute atomic E-state index is 12.5. The topological polar surface area (TPSA) is 66.3 Å². The number of carbonyl (C=O) groups excluding carboxylic acids is 1. The standard InChI is InChI=1S/C14H17N3O2/c1-14(2,9-18)17(3)13(19)10-5-4-6-11-12(10)16-8-7-15-11/h4-8,18H,9H2,1-3H3. The molecule has 5 nitrogen and oxygen atoms in total. The summed E-state index contributed by atoms with van der Waals surface area (Å²) in [5.74, 6) is -0.176. The third-order valence-corrected chi connectivity index (χ3v) is 3.33. The van der Waals surface area contributed by atoms with Crippen LogP contribution in [0.15, 0.2) is 30.6 Å². The highest BCUT2D eigenvalue weighted by Gasteiger charge is 2.28. The van der Waals surface area contributed by atoms with Crippen molar-refractivity contribution in [3.05, 3.63) is 36.2 Å². The molecule has 1 N–H and O–H groups in total. The van der Waals surface area contributed by atoms with Gasteiger partial charge in [-0.2, -0.15) is 0 Å². The van der Waals surface area contributed by atoms with Crippen molar-refractivity contribution in [1.29, 1.82) is 0 Å². The van der Waals surface area contributed by atoms with E-state index < -0.39 is 5.54 Å². The van der Waals surface area contributed by atoms with Crippen molar-refractivity contribution >= 4 is 16.9 Å². The zero-order valence-electron chi connectivity index (χ0n) is 11.3. The Labute approximate surface area is 111 Å². The van der Waals surface area contributed by atoms with Crippen LogP contribution in [0.1, 0.15) is 24.2 Å². The van der Waals surface area contributed by atoms with Gasteiger partial charge in [-0.25, -0.2) is 0 Å². The number of aromatic nitrogens is 2. The van der Waals surface area contributed by atoms with Gasteiger partial charge in [-0.05, 0) is 26.0 Å². The molecule has 0 bridgehead atoms. The first-order valence-electron chi connectivity index (χ1n) is 6.06. The van der Waals surface area contributed by atoms with Crippen molar-refractivity contribution in [2.45, 2.75) is 19.4 Å². The Balaban J connectivity index is 2.48. The first kappa shape index (κ1) is 13.4. The highest BCUT2D eigenvalue weighted by molar-refractivity contribution is 6.04. The molecule has 0 fully saturated rings. The van der Waals surface area contributed by atoms with E-state index in [1.807, 2.05) is 19.9 Å². The summed E-state index contributed by atoms with van der Waals surface area (Å²) in [6.45, 7) is 3.51. The fourth-order valence-corrected chi connectivity index (χ4v) is 1.73. The Kier molecular flexibility index (Phi) is 3.48. The molecule has 0 atom stereocenters. The fraction of sp³-hybridized carbons (Fsp3) is 0.357. The van der Waals surface area contributed by atoms with Crippen LogP contribution in [0.25, 0.3) is 11.0 Å². The van der Waals surface area contributed by atoms with Crippen LogP contribution in [-0.2, 0) is 0 Å². The van der Waals surface area contributed by atoms with E-state index >= 15 is 0 Å². The summed E-state index contributed by atoms with van der Waals surface area (Å²) in [6.07, 6.45) is 3.16. The molecule has 2 rings (SSSR count). The maximum atomic E-state index is 12.5. The molecule has 0 aliphatic carbocycles. The van der Waals surface area contributed by atoms with Crippen LogP contribution >= 0.6 is 0 Å². The van der Waals surface area contributed by atoms with E-state index in [2.05, 4.69) is 9.97 Å². The SMILES string of the molecule is CN(C(=O)c1cccc2nccnc12)C(C)(C)CO. The van der Waals surface area contributed by atoms with E-state index in [4.69, 9.17) is 0 Å². The molecule has 1 aromatic carbocycles. The largest absolute Gasteiger partial charge is 0.394 e. The van der Waals surface area contributed by atoms with Crippen molar-refractivity contribution in [3.63, 3.8) is 0 Å². The van der Waals surface area contributed by atoms with Gasteiger partial charge < -0.3 is 10.0 Å². The van der Waals surface area contributed by atoms with Crippen molar-refractivity contribution in [3.8, 4) is 0 Å². The molecular weight excluding hydrogens is 242 g/mol. The number of amides is 1. The molecule has 0 aliphatic rings. The molecule has 0 aliphatic heterocycles. The van der Waals surface area contributed by atoms with Crippen LogP contribution < -0.4 is 0 Å². The van der Waals surface area contributed by atoms with Crippen molar-refractivity contribution in [1.82, 2.24) is 14.9 Å². The number of para-hydroxylation sites is 1. The monoisotopic (exact) mass is 259 g/mol. The number of carbonyl (C=O) groups is 1. The van der Waals surface area contributed by atoms with Gasteiger partial charge in [0.15, 0.2) is 0 Å². The molecule has 0 saturated heterocycles. The minimum atomic E-state index is -0.624. The molecule has 0 spiro atoms. The van der Waals surface area contributed by atoms with Gasteiger partial charge in [-0.1, -0.05) is 6.07 Å². The van der Waals surface area contributed by atoms with Gasteiger partial charge in [0, 0.05) is 19.4 Å². The van der Waals surface area contributed by atoms with E-state index in [1.54, 1.807) is 31.6 Å². The lowest BCUT2D eigenvalue weighted by molar-refractivity contribution is 0.0475. The minimum absolute atomic E-state index is 0.105. The molecule has 0 unspecified atom stereocenters. The van der Waals surface area contributed by atoms with E-state index in [1.165, 1.54) is 4.90 Å². The molecule has 5 heteroatoms. The third kappa shape index (κ3) is 2.42. The van der Waals surface area contributed by atoms with E-state index in [9.17, 15) is 9.90 Å². The normalized spacial score (nSPS) is 11.6. The highest BCUT2D eigenvalue weighted by atomic mass is 16.3. The Morgan fingerprint density at radius 3 is 2.68 bits per heavy atom. The second kappa shape index (κ2) is 4.93. The Morgan fingerprint density at radius 2 is 2.00 bits per heavy atom. The Morgan fingerprint density at radius 1 is 1.32 bits per heavy atom. The van der Waals surface area contributed by atoms with E-state index in [0.717, 1.165) is 0 Å². The predicted octanol–water partition coefficient (Wildman–Crippen LogP) is 1.47. The molecule has 100 valence electrons. The highest BCUT2D eigenvalue weighted by Crippen LogP contribution is 2.19. The summed E-state index contributed by atoms with van der Waals surface area (Å²) < 4.78 is 0. The van der Waals surface area contributed by atoms with Crippen LogP contribution in [0.2, 0.25) is 0 Å². The summed E-state index contributed by atoms with van der Waals surface area (Å²) in [4.78, 5) is 22.4. The van der Waals surface area contributed by atoms with Crippen LogP contribution in [0.3, 0.4) is 0 Å². The van der Waals surface area contributed by atoms with E-state index in [-0.39, 0.29) is 12.5 Å². The van der Waals surface area contributed by atoms with Gasteiger partial charge in [0.05, 0.1) is 23.2 Å². The zero-order chi connectivity index (χ0) is 14.0. The number of hydrogen-bond donors (Lipinski definition) is 1. The zero-order valence-corrected chi connectivity index (χ0v) is 11.3. The fourth-order valence-electron chi connectivity index (χ4n) is 1.73. The number of rotatable bonds is 3. The van der Waals surface area contributed by atoms with Crippen LogP contribution in [0.5, 0.6) is 0 Å². The number of aliphatic hydroxyl groups excluding tert-OH is 1. The second-order valence-electron chi connectivity index (χ2n) is 5.06. The summed E-state index contributed by atoms with van der Waals surface area (Å²) in [5.41, 5.74) is 1.13. The van der Waals surface area contributed by atoms with Crippen LogP contribution in [0.4, 0.5) is 0 Å². The molecule has 2 aromatic rings. The minimum Gasteiger partial charge on any atom is -0.394 e. The lowest BCUT2D eigenvalue weighted by atomic mass is 10.0. The third-order valence-electron chi connectivity index (χ3n) is 3.33. The van der Waals surface area contributed by atoms with Gasteiger partial charge in [-0.3, -0.25) is 14.8 Å². The predicted molar refractivity (Wildman–Crippen MR) is 72.8 cm³/mol. The van der Waals surface area contributed by atoms with Gasteiger partial charge in [0.1, 0.15) is 5.52 Å². The van der Waals surface area contributed by atoms with Gasteiger partial charge >= 0.3 is 0 Å². The van der Waals surface area contributed by atoms with Crippen molar-refractivity contribution < 1.29 is 9.90 Å². The van der Waals surface area contributed by atoms with Crippen molar-refractivity contribution in [2.75, 3.05) is 13.7 Å². The quantitative estimate of drug-likeness (QED) is 0.906. The summed E-state index contributed by atoms with van der Waals surface area (Å²) >= 11 is 0. The number of nitrogens with zero attached hydrogens (tertiary/aromatic N) is 3. The molecule has 0 saturated carbocycles. The molecule has 1 amide bonds. The Hall–Kier alpha value is -2.01. The number of aliphatic hydroxyl groups is 1. The lowest BCUT2D eigenvalue weighted by Gasteiger charge is -2.34. The maximum Gasteiger partial charge on any atom is 0.256 e. The lowest BCUT2D eigenvalue weighted by Crippen LogP contribution is -2.47. The van der Waals surface area contributed by atoms with Gasteiger partial charge in [0.25, 0.3) is 5.91 Å². The first-order chi connectivity index (χ1) is 8.97. The average molecular weight is 259 g/mol. The number of hydrogen-bond acceptors (Lipinski definition) is 4. The van der Waals surface area contributed by atoms with Crippen molar-refractivity contribution in [2.24, 2.45) is 0 Å². The van der Waals surface area contributed by atoms with Crippen LogP contribution in [-0.4, -0.2) is 45.1 Å². The number of benzene rings is 1. The molecule has 19 heavy (non-hydrogen) atoms. The first-order valence-corrected chi connectivity index (χ1v) is 6.06.